The fraction of sp³-hybridized carbons (Fsp3) is 0.565. The van der Waals surface area contributed by atoms with Crippen molar-refractivity contribution in [3.8, 4) is 17.0 Å². The molecule has 1 N–H and O–H groups in total. The summed E-state index contributed by atoms with van der Waals surface area (Å²) >= 11 is 6.30. The zero-order valence-electron chi connectivity index (χ0n) is 17.5. The monoisotopic (exact) mass is 415 g/mol. The quantitative estimate of drug-likeness (QED) is 0.760. The summed E-state index contributed by atoms with van der Waals surface area (Å²) in [6.45, 7) is 6.18. The van der Waals surface area contributed by atoms with Gasteiger partial charge in [-0.15, -0.1) is 0 Å². The van der Waals surface area contributed by atoms with E-state index in [1.165, 1.54) is 32.1 Å². The van der Waals surface area contributed by atoms with Crippen molar-refractivity contribution in [3.63, 3.8) is 0 Å². The summed E-state index contributed by atoms with van der Waals surface area (Å²) in [6, 6.07) is 5.59. The lowest BCUT2D eigenvalue weighted by molar-refractivity contribution is 0.161. The zero-order valence-corrected chi connectivity index (χ0v) is 18.3. The second-order valence-electron chi connectivity index (χ2n) is 8.55. The lowest BCUT2D eigenvalue weighted by atomic mass is 9.71. The van der Waals surface area contributed by atoms with Gasteiger partial charge in [0.25, 0.3) is 0 Å². The van der Waals surface area contributed by atoms with E-state index in [0.717, 1.165) is 36.1 Å². The number of aliphatic hydroxyl groups is 1. The van der Waals surface area contributed by atoms with Gasteiger partial charge in [0, 0.05) is 18.7 Å². The van der Waals surface area contributed by atoms with Crippen molar-refractivity contribution in [1.82, 2.24) is 9.97 Å². The second-order valence-corrected chi connectivity index (χ2v) is 8.96. The van der Waals surface area contributed by atoms with E-state index in [1.54, 1.807) is 13.2 Å². The maximum absolute atomic E-state index is 10.1. The minimum absolute atomic E-state index is 0.142. The van der Waals surface area contributed by atoms with Gasteiger partial charge in [0.05, 0.1) is 30.1 Å². The van der Waals surface area contributed by atoms with E-state index in [9.17, 15) is 5.11 Å². The molecule has 4 rings (SSSR count). The van der Waals surface area contributed by atoms with Gasteiger partial charge in [0.1, 0.15) is 11.4 Å². The molecule has 1 aliphatic heterocycles. The molecular weight excluding hydrogens is 386 g/mol. The van der Waals surface area contributed by atoms with E-state index in [1.807, 2.05) is 19.1 Å². The molecule has 1 spiro atoms. The standard InChI is InChI=1S/C23H30ClN3O2/c1-15-6-5-9-23(15)10-12-27(13-11-23)22-19(14-28)26-20(16(2)25-22)17-7-4-8-18(24)21(17)29-3/h4,7-8,15,28H,5-6,9-14H2,1-3H3/t15-/m1/s1. The topological polar surface area (TPSA) is 58.5 Å². The van der Waals surface area contributed by atoms with Gasteiger partial charge < -0.3 is 14.7 Å². The number of aliphatic hydroxyl groups excluding tert-OH is 1. The summed E-state index contributed by atoms with van der Waals surface area (Å²) < 4.78 is 5.50. The number of hydrogen-bond acceptors (Lipinski definition) is 5. The molecule has 2 aromatic rings. The smallest absolute Gasteiger partial charge is 0.153 e. The molecule has 1 aromatic carbocycles. The molecule has 156 valence electrons. The Bertz CT molecular complexity index is 894. The highest BCUT2D eigenvalue weighted by Crippen LogP contribution is 2.50. The van der Waals surface area contributed by atoms with Crippen molar-refractivity contribution >= 4 is 17.4 Å². The molecule has 0 bridgehead atoms. The van der Waals surface area contributed by atoms with Gasteiger partial charge in [-0.2, -0.15) is 0 Å². The Morgan fingerprint density at radius 2 is 2.00 bits per heavy atom. The number of anilines is 1. The third-order valence-corrected chi connectivity index (χ3v) is 7.41. The Hall–Kier alpha value is -1.85. The van der Waals surface area contributed by atoms with Crippen LogP contribution in [0.2, 0.25) is 5.02 Å². The van der Waals surface area contributed by atoms with Crippen molar-refractivity contribution in [2.45, 2.75) is 52.6 Å². The van der Waals surface area contributed by atoms with Gasteiger partial charge in [-0.05, 0) is 49.7 Å². The van der Waals surface area contributed by atoms with Crippen molar-refractivity contribution in [2.24, 2.45) is 11.3 Å². The SMILES string of the molecule is COc1c(Cl)cccc1-c1nc(CO)c(N2CCC3(CCC[C@H]3C)CC2)nc1C. The molecule has 1 aliphatic carbocycles. The highest BCUT2D eigenvalue weighted by atomic mass is 35.5. The van der Waals surface area contributed by atoms with Crippen molar-refractivity contribution in [3.05, 3.63) is 34.6 Å². The number of hydrogen-bond donors (Lipinski definition) is 1. The number of ether oxygens (including phenoxy) is 1. The molecule has 2 fully saturated rings. The Labute approximate surface area is 178 Å². The predicted octanol–water partition coefficient (Wildman–Crippen LogP) is 5.01. The lowest BCUT2D eigenvalue weighted by Crippen LogP contribution is -2.42. The first-order chi connectivity index (χ1) is 14.0. The van der Waals surface area contributed by atoms with E-state index in [2.05, 4.69) is 11.8 Å². The predicted molar refractivity (Wildman–Crippen MR) is 117 cm³/mol. The van der Waals surface area contributed by atoms with Crippen LogP contribution in [0.5, 0.6) is 5.75 Å². The highest BCUT2D eigenvalue weighted by Gasteiger charge is 2.42. The summed E-state index contributed by atoms with van der Waals surface area (Å²) in [4.78, 5) is 12.0. The third-order valence-electron chi connectivity index (χ3n) is 7.11. The minimum atomic E-state index is -0.142. The first kappa shape index (κ1) is 20.4. The van der Waals surface area contributed by atoms with Crippen LogP contribution >= 0.6 is 11.6 Å². The molecule has 0 unspecified atom stereocenters. The van der Waals surface area contributed by atoms with Crippen LogP contribution in [0.4, 0.5) is 5.82 Å². The second kappa shape index (κ2) is 8.11. The number of benzene rings is 1. The molecule has 5 nitrogen and oxygen atoms in total. The number of para-hydroxylation sites is 1. The number of piperidine rings is 1. The fourth-order valence-corrected chi connectivity index (χ4v) is 5.53. The molecule has 29 heavy (non-hydrogen) atoms. The minimum Gasteiger partial charge on any atom is -0.494 e. The molecule has 1 saturated heterocycles. The zero-order chi connectivity index (χ0) is 20.6. The summed E-state index contributed by atoms with van der Waals surface area (Å²) in [5.74, 6) is 2.21. The summed E-state index contributed by atoms with van der Waals surface area (Å²) in [5.41, 5.74) is 3.43. The number of aryl methyl sites for hydroxylation is 1. The van der Waals surface area contributed by atoms with E-state index < -0.39 is 0 Å². The highest BCUT2D eigenvalue weighted by molar-refractivity contribution is 6.32. The Balaban J connectivity index is 1.65. The lowest BCUT2D eigenvalue weighted by Gasteiger charge is -2.43. The van der Waals surface area contributed by atoms with Gasteiger partial charge in [-0.1, -0.05) is 37.4 Å². The molecule has 2 heterocycles. The van der Waals surface area contributed by atoms with Crippen molar-refractivity contribution < 1.29 is 9.84 Å². The van der Waals surface area contributed by atoms with Crippen LogP contribution in [0.15, 0.2) is 18.2 Å². The van der Waals surface area contributed by atoms with Crippen molar-refractivity contribution in [2.75, 3.05) is 25.1 Å². The van der Waals surface area contributed by atoms with Crippen LogP contribution in [0, 0.1) is 18.3 Å². The number of nitrogens with zero attached hydrogens (tertiary/aromatic N) is 3. The first-order valence-corrected chi connectivity index (χ1v) is 10.9. The first-order valence-electron chi connectivity index (χ1n) is 10.6. The van der Waals surface area contributed by atoms with E-state index in [-0.39, 0.29) is 6.61 Å². The van der Waals surface area contributed by atoms with Crippen LogP contribution in [-0.2, 0) is 6.61 Å². The van der Waals surface area contributed by atoms with Gasteiger partial charge >= 0.3 is 0 Å². The Morgan fingerprint density at radius 3 is 2.62 bits per heavy atom. The van der Waals surface area contributed by atoms with E-state index in [0.29, 0.717) is 27.6 Å². The van der Waals surface area contributed by atoms with Crippen LogP contribution < -0.4 is 9.64 Å². The number of halogens is 1. The Morgan fingerprint density at radius 1 is 1.24 bits per heavy atom. The fourth-order valence-electron chi connectivity index (χ4n) is 5.28. The number of rotatable bonds is 4. The van der Waals surface area contributed by atoms with E-state index >= 15 is 0 Å². The molecule has 6 heteroatoms. The normalized spacial score (nSPS) is 21.0. The summed E-state index contributed by atoms with van der Waals surface area (Å²) in [7, 11) is 1.60. The van der Waals surface area contributed by atoms with Crippen LogP contribution in [0.1, 0.15) is 50.4 Å². The van der Waals surface area contributed by atoms with Crippen molar-refractivity contribution in [1.29, 1.82) is 0 Å². The van der Waals surface area contributed by atoms with E-state index in [4.69, 9.17) is 26.3 Å². The van der Waals surface area contributed by atoms with Crippen LogP contribution in [-0.4, -0.2) is 35.3 Å². The summed E-state index contributed by atoms with van der Waals surface area (Å²) in [6.07, 6.45) is 6.47. The van der Waals surface area contributed by atoms with Gasteiger partial charge in [0.2, 0.25) is 0 Å². The van der Waals surface area contributed by atoms with Crippen LogP contribution in [0.3, 0.4) is 0 Å². The average Bonchev–Trinajstić information content (AvgIpc) is 3.08. The summed E-state index contributed by atoms with van der Waals surface area (Å²) in [5, 5.41) is 10.6. The number of methoxy groups -OCH3 is 1. The maximum Gasteiger partial charge on any atom is 0.153 e. The number of aromatic nitrogens is 2. The molecule has 0 radical (unpaired) electrons. The molecule has 0 amide bonds. The van der Waals surface area contributed by atoms with Gasteiger partial charge in [-0.25, -0.2) is 9.97 Å². The molecule has 1 aromatic heterocycles. The largest absolute Gasteiger partial charge is 0.494 e. The molecule has 1 atom stereocenters. The Kier molecular flexibility index (Phi) is 5.71. The van der Waals surface area contributed by atoms with Crippen LogP contribution in [0.25, 0.3) is 11.3 Å². The molecule has 1 saturated carbocycles. The molecular formula is C23H30ClN3O2. The van der Waals surface area contributed by atoms with Gasteiger partial charge in [-0.3, -0.25) is 0 Å². The maximum atomic E-state index is 10.1. The van der Waals surface area contributed by atoms with Gasteiger partial charge in [0.15, 0.2) is 5.82 Å². The molecule has 2 aliphatic rings. The third kappa shape index (κ3) is 3.59. The average molecular weight is 416 g/mol.